The Balaban J connectivity index is 2.32. The van der Waals surface area contributed by atoms with Crippen LogP contribution in [-0.4, -0.2) is 12.6 Å². The minimum absolute atomic E-state index is 0.0601. The van der Waals surface area contributed by atoms with E-state index >= 15 is 0 Å². The molecule has 0 aliphatic heterocycles. The van der Waals surface area contributed by atoms with Crippen LogP contribution < -0.4 is 0 Å². The Kier molecular flexibility index (Phi) is 4.61. The molecule has 0 fully saturated rings. The monoisotopic (exact) mass is 204 g/mol. The van der Waals surface area contributed by atoms with E-state index in [0.29, 0.717) is 6.61 Å². The number of carbonyl (C=O) groups is 1. The van der Waals surface area contributed by atoms with Crippen LogP contribution in [-0.2, 0) is 9.53 Å². The van der Waals surface area contributed by atoms with Crippen LogP contribution in [0.2, 0.25) is 0 Å². The van der Waals surface area contributed by atoms with Gasteiger partial charge < -0.3 is 4.74 Å². The first-order valence-corrected chi connectivity index (χ1v) is 5.08. The Hall–Kier alpha value is -1.57. The van der Waals surface area contributed by atoms with Crippen molar-refractivity contribution in [2.75, 3.05) is 6.61 Å². The van der Waals surface area contributed by atoms with Crippen molar-refractivity contribution in [1.82, 2.24) is 0 Å². The standard InChI is InChI=1S/C13H16O2/c1-11(2)13(14)15-10-6-9-12-7-4-3-5-8-12/h3-9,11H,10H2,1-2H3. The topological polar surface area (TPSA) is 26.3 Å². The van der Waals surface area contributed by atoms with Crippen LogP contribution in [0.5, 0.6) is 0 Å². The van der Waals surface area contributed by atoms with Crippen LogP contribution >= 0.6 is 0 Å². The molecule has 0 unspecified atom stereocenters. The van der Waals surface area contributed by atoms with Crippen molar-refractivity contribution in [2.24, 2.45) is 5.92 Å². The lowest BCUT2D eigenvalue weighted by Gasteiger charge is -2.03. The number of rotatable bonds is 4. The third-order valence-corrected chi connectivity index (χ3v) is 1.90. The molecule has 1 rings (SSSR count). The fourth-order valence-electron chi connectivity index (χ4n) is 1.05. The highest BCUT2D eigenvalue weighted by atomic mass is 16.5. The van der Waals surface area contributed by atoms with Gasteiger partial charge in [0.15, 0.2) is 0 Å². The van der Waals surface area contributed by atoms with E-state index in [1.807, 2.05) is 56.3 Å². The Morgan fingerprint density at radius 2 is 2.00 bits per heavy atom. The van der Waals surface area contributed by atoms with E-state index in [4.69, 9.17) is 4.74 Å². The van der Waals surface area contributed by atoms with Gasteiger partial charge in [0.05, 0.1) is 5.92 Å². The lowest BCUT2D eigenvalue weighted by Crippen LogP contribution is -2.11. The lowest BCUT2D eigenvalue weighted by molar-refractivity contribution is -0.145. The first kappa shape index (κ1) is 11.5. The van der Waals surface area contributed by atoms with Crippen LogP contribution in [0, 0.1) is 5.92 Å². The van der Waals surface area contributed by atoms with Gasteiger partial charge in [-0.15, -0.1) is 0 Å². The van der Waals surface area contributed by atoms with Gasteiger partial charge >= 0.3 is 5.97 Å². The van der Waals surface area contributed by atoms with Gasteiger partial charge in [-0.2, -0.15) is 0 Å². The third kappa shape index (κ3) is 4.45. The first-order valence-electron chi connectivity index (χ1n) is 5.08. The van der Waals surface area contributed by atoms with Crippen LogP contribution in [0.15, 0.2) is 36.4 Å². The molecule has 0 N–H and O–H groups in total. The van der Waals surface area contributed by atoms with E-state index in [0.717, 1.165) is 5.56 Å². The molecule has 0 aliphatic rings. The molecule has 0 saturated heterocycles. The van der Waals surface area contributed by atoms with Gasteiger partial charge in [-0.25, -0.2) is 0 Å². The molecule has 0 saturated carbocycles. The third-order valence-electron chi connectivity index (χ3n) is 1.90. The second-order valence-corrected chi connectivity index (χ2v) is 3.60. The van der Waals surface area contributed by atoms with E-state index in [2.05, 4.69) is 0 Å². The van der Waals surface area contributed by atoms with Crippen LogP contribution in [0.25, 0.3) is 6.08 Å². The predicted octanol–water partition coefficient (Wildman–Crippen LogP) is 2.90. The molecule has 15 heavy (non-hydrogen) atoms. The molecule has 0 atom stereocenters. The van der Waals surface area contributed by atoms with Gasteiger partial charge in [0.2, 0.25) is 0 Å². The van der Waals surface area contributed by atoms with Gasteiger partial charge in [0.25, 0.3) is 0 Å². The molecule has 0 bridgehead atoms. The highest BCUT2D eigenvalue weighted by Crippen LogP contribution is 2.01. The maximum absolute atomic E-state index is 11.1. The largest absolute Gasteiger partial charge is 0.461 e. The van der Waals surface area contributed by atoms with Crippen molar-refractivity contribution < 1.29 is 9.53 Å². The molecule has 0 amide bonds. The van der Waals surface area contributed by atoms with Crippen LogP contribution in [0.4, 0.5) is 0 Å². The minimum atomic E-state index is -0.160. The molecule has 1 aromatic rings. The highest BCUT2D eigenvalue weighted by Gasteiger charge is 2.05. The SMILES string of the molecule is CC(C)C(=O)OCC=Cc1ccccc1. The molecule has 0 heterocycles. The van der Waals surface area contributed by atoms with Gasteiger partial charge in [-0.3, -0.25) is 4.79 Å². The van der Waals surface area contributed by atoms with Crippen LogP contribution in [0.3, 0.4) is 0 Å². The first-order chi connectivity index (χ1) is 7.20. The zero-order chi connectivity index (χ0) is 11.1. The van der Waals surface area contributed by atoms with Gasteiger partial charge in [-0.1, -0.05) is 50.3 Å². The summed E-state index contributed by atoms with van der Waals surface area (Å²) in [6.07, 6.45) is 3.78. The Morgan fingerprint density at radius 1 is 1.33 bits per heavy atom. The smallest absolute Gasteiger partial charge is 0.308 e. The van der Waals surface area contributed by atoms with Gasteiger partial charge in [0.1, 0.15) is 6.61 Å². The van der Waals surface area contributed by atoms with E-state index in [1.54, 1.807) is 0 Å². The second-order valence-electron chi connectivity index (χ2n) is 3.60. The molecule has 80 valence electrons. The highest BCUT2D eigenvalue weighted by molar-refractivity contribution is 5.71. The summed E-state index contributed by atoms with van der Waals surface area (Å²) in [5.74, 6) is -0.220. The van der Waals surface area contributed by atoms with Crippen molar-refractivity contribution in [1.29, 1.82) is 0 Å². The van der Waals surface area contributed by atoms with Gasteiger partial charge in [0, 0.05) is 0 Å². The van der Waals surface area contributed by atoms with Crippen molar-refractivity contribution in [2.45, 2.75) is 13.8 Å². The van der Waals surface area contributed by atoms with Crippen LogP contribution in [0.1, 0.15) is 19.4 Å². The quantitative estimate of drug-likeness (QED) is 0.705. The van der Waals surface area contributed by atoms with Crippen molar-refractivity contribution >= 4 is 12.0 Å². The average Bonchev–Trinajstić information content (AvgIpc) is 2.25. The fourth-order valence-corrected chi connectivity index (χ4v) is 1.05. The Morgan fingerprint density at radius 3 is 2.60 bits per heavy atom. The summed E-state index contributed by atoms with van der Waals surface area (Å²) < 4.78 is 5.00. The number of benzene rings is 1. The maximum atomic E-state index is 11.1. The fraction of sp³-hybridized carbons (Fsp3) is 0.308. The summed E-state index contributed by atoms with van der Waals surface area (Å²) in [6, 6.07) is 9.91. The number of hydrogen-bond acceptors (Lipinski definition) is 2. The van der Waals surface area contributed by atoms with E-state index < -0.39 is 0 Å². The summed E-state index contributed by atoms with van der Waals surface area (Å²) in [5.41, 5.74) is 1.11. The minimum Gasteiger partial charge on any atom is -0.461 e. The maximum Gasteiger partial charge on any atom is 0.308 e. The number of carbonyl (C=O) groups excluding carboxylic acids is 1. The summed E-state index contributed by atoms with van der Waals surface area (Å²) >= 11 is 0. The van der Waals surface area contributed by atoms with Crippen molar-refractivity contribution in [3.05, 3.63) is 42.0 Å². The second kappa shape index (κ2) is 6.02. The van der Waals surface area contributed by atoms with Crippen molar-refractivity contribution in [3.8, 4) is 0 Å². The molecule has 0 aromatic heterocycles. The number of hydrogen-bond donors (Lipinski definition) is 0. The zero-order valence-electron chi connectivity index (χ0n) is 9.14. The zero-order valence-corrected chi connectivity index (χ0v) is 9.14. The molecular formula is C13H16O2. The van der Waals surface area contributed by atoms with Gasteiger partial charge in [-0.05, 0) is 11.6 Å². The predicted molar refractivity (Wildman–Crippen MR) is 61.3 cm³/mol. The number of esters is 1. The molecule has 1 aromatic carbocycles. The average molecular weight is 204 g/mol. The summed E-state index contributed by atoms with van der Waals surface area (Å²) in [7, 11) is 0. The van der Waals surface area contributed by atoms with E-state index in [1.165, 1.54) is 0 Å². The molecule has 0 spiro atoms. The normalized spacial score (nSPS) is 10.9. The number of ether oxygens (including phenoxy) is 1. The van der Waals surface area contributed by atoms with E-state index in [-0.39, 0.29) is 11.9 Å². The molecule has 2 nitrogen and oxygen atoms in total. The summed E-state index contributed by atoms with van der Waals surface area (Å²) in [4.78, 5) is 11.1. The molecule has 0 aliphatic carbocycles. The molecular weight excluding hydrogens is 188 g/mol. The molecule has 2 heteroatoms. The summed E-state index contributed by atoms with van der Waals surface area (Å²) in [6.45, 7) is 3.98. The van der Waals surface area contributed by atoms with Crippen molar-refractivity contribution in [3.63, 3.8) is 0 Å². The molecule has 0 radical (unpaired) electrons. The Bertz CT molecular complexity index is 326. The van der Waals surface area contributed by atoms with E-state index in [9.17, 15) is 4.79 Å². The summed E-state index contributed by atoms with van der Waals surface area (Å²) in [5, 5.41) is 0. The lowest BCUT2D eigenvalue weighted by atomic mass is 10.2. The Labute approximate surface area is 90.6 Å².